The topological polar surface area (TPSA) is 49.0 Å². The van der Waals surface area contributed by atoms with E-state index in [-0.39, 0.29) is 11.3 Å². The van der Waals surface area contributed by atoms with Crippen LogP contribution in [0, 0.1) is 3.95 Å². The van der Waals surface area contributed by atoms with Gasteiger partial charge in [-0.3, -0.25) is 14.8 Å². The monoisotopic (exact) mass is 329 g/mol. The summed E-state index contributed by atoms with van der Waals surface area (Å²) in [5.41, 5.74) is 0.918. The van der Waals surface area contributed by atoms with Crippen LogP contribution in [0.25, 0.3) is 0 Å². The molecule has 1 aromatic carbocycles. The molecule has 1 amide bonds. The van der Waals surface area contributed by atoms with Gasteiger partial charge in [-0.1, -0.05) is 41.1 Å². The molecular formula is C11H8ClN3OS3. The first-order chi connectivity index (χ1) is 9.16. The highest BCUT2D eigenvalue weighted by molar-refractivity contribution is 8.00. The van der Waals surface area contributed by atoms with Crippen molar-refractivity contribution in [1.82, 2.24) is 10.2 Å². The Bertz CT molecular complexity index is 684. The van der Waals surface area contributed by atoms with Crippen LogP contribution in [0.1, 0.15) is 10.9 Å². The summed E-state index contributed by atoms with van der Waals surface area (Å²) >= 11 is 14.1. The number of aromatic nitrogens is 2. The molecule has 1 saturated heterocycles. The third kappa shape index (κ3) is 2.43. The average molecular weight is 330 g/mol. The zero-order valence-electron chi connectivity index (χ0n) is 9.50. The summed E-state index contributed by atoms with van der Waals surface area (Å²) in [5, 5.41) is 7.89. The first-order valence-corrected chi connectivity index (χ1v) is 8.05. The van der Waals surface area contributed by atoms with Crippen molar-refractivity contribution < 1.29 is 4.79 Å². The predicted octanol–water partition coefficient (Wildman–Crippen LogP) is 3.63. The van der Waals surface area contributed by atoms with Crippen LogP contribution in [0.2, 0.25) is 5.02 Å². The van der Waals surface area contributed by atoms with Gasteiger partial charge in [0.15, 0.2) is 3.95 Å². The van der Waals surface area contributed by atoms with Gasteiger partial charge in [-0.25, -0.2) is 0 Å². The highest BCUT2D eigenvalue weighted by Crippen LogP contribution is 2.44. The Labute approximate surface area is 127 Å². The van der Waals surface area contributed by atoms with E-state index in [0.29, 0.717) is 19.9 Å². The van der Waals surface area contributed by atoms with Crippen molar-refractivity contribution in [3.8, 4) is 0 Å². The molecule has 0 unspecified atom stereocenters. The number of carbonyl (C=O) groups excluding carboxylic acids is 1. The number of amides is 1. The fraction of sp³-hybridized carbons (Fsp3) is 0.182. The lowest BCUT2D eigenvalue weighted by Crippen LogP contribution is -2.27. The first kappa shape index (κ1) is 13.1. The molecule has 2 heterocycles. The molecule has 2 aromatic rings. The van der Waals surface area contributed by atoms with Crippen molar-refractivity contribution in [2.75, 3.05) is 10.7 Å². The SMILES string of the molecule is O=C1CS[C@H](c2ccccc2Cl)N1c1n[nH]c(=S)s1. The van der Waals surface area contributed by atoms with Crippen LogP contribution in [0.3, 0.4) is 0 Å². The Balaban J connectivity index is 2.04. The van der Waals surface area contributed by atoms with E-state index in [1.165, 1.54) is 11.3 Å². The van der Waals surface area contributed by atoms with Gasteiger partial charge >= 0.3 is 0 Å². The summed E-state index contributed by atoms with van der Waals surface area (Å²) in [6.45, 7) is 0. The normalized spacial score (nSPS) is 19.1. The molecule has 98 valence electrons. The number of nitrogens with zero attached hydrogens (tertiary/aromatic N) is 2. The summed E-state index contributed by atoms with van der Waals surface area (Å²) < 4.78 is 0.553. The molecule has 1 aromatic heterocycles. The fourth-order valence-corrected chi connectivity index (χ4v) is 4.35. The summed E-state index contributed by atoms with van der Waals surface area (Å²) in [6, 6.07) is 7.54. The van der Waals surface area contributed by atoms with Crippen molar-refractivity contribution >= 4 is 58.0 Å². The van der Waals surface area contributed by atoms with Gasteiger partial charge in [0.2, 0.25) is 11.0 Å². The molecule has 1 fully saturated rings. The van der Waals surface area contributed by atoms with Crippen LogP contribution < -0.4 is 4.90 Å². The van der Waals surface area contributed by atoms with Crippen LogP contribution in [0.15, 0.2) is 24.3 Å². The first-order valence-electron chi connectivity index (χ1n) is 5.40. The predicted molar refractivity (Wildman–Crippen MR) is 81.4 cm³/mol. The van der Waals surface area contributed by atoms with Gasteiger partial charge in [-0.2, -0.15) is 0 Å². The number of H-pyrrole nitrogens is 1. The molecule has 1 atom stereocenters. The molecule has 0 bridgehead atoms. The highest BCUT2D eigenvalue weighted by atomic mass is 35.5. The van der Waals surface area contributed by atoms with Crippen molar-refractivity contribution in [1.29, 1.82) is 0 Å². The van der Waals surface area contributed by atoms with Crippen molar-refractivity contribution in [3.63, 3.8) is 0 Å². The van der Waals surface area contributed by atoms with Crippen LogP contribution in [-0.2, 0) is 4.79 Å². The molecule has 19 heavy (non-hydrogen) atoms. The van der Waals surface area contributed by atoms with Crippen molar-refractivity contribution in [2.24, 2.45) is 0 Å². The van der Waals surface area contributed by atoms with Gasteiger partial charge in [0.1, 0.15) is 5.37 Å². The molecule has 4 nitrogen and oxygen atoms in total. The molecular weight excluding hydrogens is 322 g/mol. The zero-order chi connectivity index (χ0) is 13.4. The number of benzene rings is 1. The third-order valence-electron chi connectivity index (χ3n) is 2.67. The van der Waals surface area contributed by atoms with E-state index in [0.717, 1.165) is 5.56 Å². The van der Waals surface area contributed by atoms with Crippen molar-refractivity contribution in [3.05, 3.63) is 38.8 Å². The lowest BCUT2D eigenvalue weighted by atomic mass is 10.2. The van der Waals surface area contributed by atoms with E-state index in [9.17, 15) is 4.79 Å². The Morgan fingerprint density at radius 2 is 2.26 bits per heavy atom. The standard InChI is InChI=1S/C11H8ClN3OS3/c12-7-4-2-1-3-6(7)9-15(8(16)5-18-9)10-13-14-11(17)19-10/h1-4,9H,5H2,(H,14,17)/t9-/m1/s1. The van der Waals surface area contributed by atoms with Gasteiger partial charge in [-0.15, -0.1) is 16.9 Å². The van der Waals surface area contributed by atoms with Crippen LogP contribution >= 0.6 is 46.9 Å². The number of aromatic amines is 1. The van der Waals surface area contributed by atoms with Gasteiger partial charge < -0.3 is 0 Å². The summed E-state index contributed by atoms with van der Waals surface area (Å²) in [5.74, 6) is 0.440. The minimum absolute atomic E-state index is 0.0210. The number of nitrogens with one attached hydrogen (secondary N) is 1. The molecule has 0 aliphatic carbocycles. The second-order valence-corrected chi connectivity index (χ2v) is 6.96. The number of carbonyl (C=O) groups is 1. The fourth-order valence-electron chi connectivity index (χ4n) is 1.86. The Kier molecular flexibility index (Phi) is 3.62. The maximum atomic E-state index is 12.1. The van der Waals surface area contributed by atoms with E-state index in [1.54, 1.807) is 16.7 Å². The Morgan fingerprint density at radius 3 is 2.95 bits per heavy atom. The number of hydrogen-bond donors (Lipinski definition) is 1. The van der Waals surface area contributed by atoms with Gasteiger partial charge in [0, 0.05) is 10.6 Å². The van der Waals surface area contributed by atoms with Crippen molar-refractivity contribution in [2.45, 2.75) is 5.37 Å². The second kappa shape index (κ2) is 5.24. The van der Waals surface area contributed by atoms with E-state index in [1.807, 2.05) is 24.3 Å². The third-order valence-corrected chi connectivity index (χ3v) is 5.30. The number of hydrogen-bond acceptors (Lipinski definition) is 5. The zero-order valence-corrected chi connectivity index (χ0v) is 12.7. The lowest BCUT2D eigenvalue weighted by Gasteiger charge is -2.21. The minimum Gasteiger partial charge on any atom is -0.273 e. The Morgan fingerprint density at radius 1 is 1.47 bits per heavy atom. The summed E-state index contributed by atoms with van der Waals surface area (Å²) in [7, 11) is 0. The largest absolute Gasteiger partial charge is 0.273 e. The Hall–Kier alpha value is -0.890. The van der Waals surface area contributed by atoms with E-state index in [2.05, 4.69) is 10.2 Å². The molecule has 1 aliphatic rings. The molecule has 3 rings (SSSR count). The highest BCUT2D eigenvalue weighted by Gasteiger charge is 2.36. The second-order valence-electron chi connectivity index (χ2n) is 3.84. The smallest absolute Gasteiger partial charge is 0.240 e. The molecule has 8 heteroatoms. The quantitative estimate of drug-likeness (QED) is 0.855. The van der Waals surface area contributed by atoms with E-state index >= 15 is 0 Å². The van der Waals surface area contributed by atoms with Crippen LogP contribution in [0.4, 0.5) is 5.13 Å². The molecule has 1 N–H and O–H groups in total. The average Bonchev–Trinajstić information content (AvgIpc) is 2.96. The number of rotatable bonds is 2. The minimum atomic E-state index is -0.143. The van der Waals surface area contributed by atoms with E-state index < -0.39 is 0 Å². The van der Waals surface area contributed by atoms with Gasteiger partial charge in [-0.05, 0) is 18.3 Å². The van der Waals surface area contributed by atoms with Gasteiger partial charge in [0.25, 0.3) is 0 Å². The molecule has 0 spiro atoms. The lowest BCUT2D eigenvalue weighted by molar-refractivity contribution is -0.115. The molecule has 0 radical (unpaired) electrons. The van der Waals surface area contributed by atoms with Crippen LogP contribution in [0.5, 0.6) is 0 Å². The maximum Gasteiger partial charge on any atom is 0.240 e. The summed E-state index contributed by atoms with van der Waals surface area (Å²) in [4.78, 5) is 13.7. The number of halogens is 1. The van der Waals surface area contributed by atoms with Gasteiger partial charge in [0.05, 0.1) is 5.75 Å². The number of thioether (sulfide) groups is 1. The summed E-state index contributed by atoms with van der Waals surface area (Å²) in [6.07, 6.45) is 0. The molecule has 0 saturated carbocycles. The number of anilines is 1. The van der Waals surface area contributed by atoms with E-state index in [4.69, 9.17) is 23.8 Å². The van der Waals surface area contributed by atoms with Crippen LogP contribution in [-0.4, -0.2) is 21.9 Å². The maximum absolute atomic E-state index is 12.1. The molecule has 1 aliphatic heterocycles.